The molecule has 1 fully saturated rings. The molecule has 76 valence electrons. The maximum atomic E-state index is 5.75. The summed E-state index contributed by atoms with van der Waals surface area (Å²) in [5, 5.41) is 3.39. The van der Waals surface area contributed by atoms with Gasteiger partial charge in [-0.25, -0.2) is 0 Å². The number of unbranched alkanes of at least 4 members (excludes halogenated alkanes) is 1. The van der Waals surface area contributed by atoms with E-state index in [9.17, 15) is 0 Å². The van der Waals surface area contributed by atoms with Crippen molar-refractivity contribution in [2.45, 2.75) is 38.2 Å². The molecule has 0 aromatic rings. The fraction of sp³-hybridized carbons (Fsp3) is 0.818. The molecule has 1 unspecified atom stereocenters. The molecule has 2 nitrogen and oxygen atoms in total. The van der Waals surface area contributed by atoms with E-state index in [2.05, 4.69) is 11.9 Å². The lowest BCUT2D eigenvalue weighted by molar-refractivity contribution is 0.0497. The lowest BCUT2D eigenvalue weighted by Crippen LogP contribution is -2.27. The predicted octanol–water partition coefficient (Wildman–Crippen LogP) is 2.11. The number of hydrogen-bond donors (Lipinski definition) is 1. The van der Waals surface area contributed by atoms with Crippen molar-refractivity contribution in [2.24, 2.45) is 0 Å². The van der Waals surface area contributed by atoms with E-state index in [1.807, 2.05) is 6.08 Å². The van der Waals surface area contributed by atoms with Crippen LogP contribution >= 0.6 is 0 Å². The fourth-order valence-electron chi connectivity index (χ4n) is 1.61. The Kier molecular flexibility index (Phi) is 5.87. The van der Waals surface area contributed by atoms with E-state index in [-0.39, 0.29) is 0 Å². The molecule has 1 aliphatic heterocycles. The summed E-state index contributed by atoms with van der Waals surface area (Å²) in [5.41, 5.74) is 0. The van der Waals surface area contributed by atoms with Gasteiger partial charge in [-0.3, -0.25) is 0 Å². The topological polar surface area (TPSA) is 21.3 Å². The lowest BCUT2D eigenvalue weighted by Gasteiger charge is -2.14. The van der Waals surface area contributed by atoms with Gasteiger partial charge in [0.25, 0.3) is 0 Å². The maximum Gasteiger partial charge on any atom is 0.0699 e. The molecule has 1 rings (SSSR count). The van der Waals surface area contributed by atoms with Crippen LogP contribution in [0.1, 0.15) is 32.1 Å². The van der Waals surface area contributed by atoms with Crippen LogP contribution in [0.15, 0.2) is 12.7 Å². The van der Waals surface area contributed by atoms with Gasteiger partial charge in [-0.05, 0) is 38.6 Å². The van der Waals surface area contributed by atoms with E-state index in [1.54, 1.807) is 0 Å². The molecule has 0 saturated carbocycles. The van der Waals surface area contributed by atoms with Crippen molar-refractivity contribution >= 4 is 0 Å². The zero-order valence-electron chi connectivity index (χ0n) is 8.43. The molecular weight excluding hydrogens is 162 g/mol. The third-order valence-corrected chi connectivity index (χ3v) is 2.41. The van der Waals surface area contributed by atoms with Gasteiger partial charge in [0.1, 0.15) is 0 Å². The van der Waals surface area contributed by atoms with Crippen molar-refractivity contribution < 1.29 is 4.74 Å². The number of hydrogen-bond acceptors (Lipinski definition) is 2. The van der Waals surface area contributed by atoms with Crippen LogP contribution in [0.5, 0.6) is 0 Å². The summed E-state index contributed by atoms with van der Waals surface area (Å²) in [4.78, 5) is 0. The second kappa shape index (κ2) is 7.10. The molecule has 0 aliphatic carbocycles. The van der Waals surface area contributed by atoms with E-state index in [0.717, 1.165) is 32.5 Å². The van der Waals surface area contributed by atoms with Gasteiger partial charge in [-0.15, -0.1) is 6.58 Å². The van der Waals surface area contributed by atoms with Gasteiger partial charge >= 0.3 is 0 Å². The smallest absolute Gasteiger partial charge is 0.0699 e. The number of ether oxygens (including phenoxy) is 1. The van der Waals surface area contributed by atoms with Crippen LogP contribution in [0.2, 0.25) is 0 Å². The highest BCUT2D eigenvalue weighted by Crippen LogP contribution is 2.08. The molecule has 0 radical (unpaired) electrons. The highest BCUT2D eigenvalue weighted by Gasteiger charge is 2.10. The normalized spacial score (nSPS) is 23.8. The Morgan fingerprint density at radius 1 is 1.46 bits per heavy atom. The van der Waals surface area contributed by atoms with E-state index >= 15 is 0 Å². The fourth-order valence-corrected chi connectivity index (χ4v) is 1.61. The Bertz CT molecular complexity index is 128. The minimum atomic E-state index is 0.451. The van der Waals surface area contributed by atoms with E-state index in [1.165, 1.54) is 19.3 Å². The van der Waals surface area contributed by atoms with Gasteiger partial charge in [0.05, 0.1) is 6.10 Å². The average molecular weight is 183 g/mol. The Hall–Kier alpha value is -0.340. The van der Waals surface area contributed by atoms with Crippen molar-refractivity contribution in [3.05, 3.63) is 12.7 Å². The molecule has 13 heavy (non-hydrogen) atoms. The van der Waals surface area contributed by atoms with Crippen LogP contribution in [0.4, 0.5) is 0 Å². The molecule has 0 aromatic heterocycles. The second-order valence-corrected chi connectivity index (χ2v) is 3.62. The Morgan fingerprint density at radius 2 is 2.38 bits per heavy atom. The number of rotatable bonds is 5. The molecule has 1 aliphatic rings. The minimum absolute atomic E-state index is 0.451. The molecule has 1 atom stereocenters. The van der Waals surface area contributed by atoms with Crippen LogP contribution in [0.25, 0.3) is 0 Å². The Balaban J connectivity index is 2.01. The molecule has 2 heteroatoms. The molecule has 0 spiro atoms. The molecular formula is C11H21NO. The monoisotopic (exact) mass is 183 g/mol. The van der Waals surface area contributed by atoms with Crippen molar-refractivity contribution in [3.63, 3.8) is 0 Å². The average Bonchev–Trinajstić information content (AvgIpc) is 2.41. The van der Waals surface area contributed by atoms with E-state index < -0.39 is 0 Å². The highest BCUT2D eigenvalue weighted by atomic mass is 16.5. The summed E-state index contributed by atoms with van der Waals surface area (Å²) in [6, 6.07) is 0. The maximum absolute atomic E-state index is 5.75. The molecule has 0 aromatic carbocycles. The van der Waals surface area contributed by atoms with Crippen LogP contribution in [0.3, 0.4) is 0 Å². The van der Waals surface area contributed by atoms with Crippen molar-refractivity contribution in [2.75, 3.05) is 19.7 Å². The van der Waals surface area contributed by atoms with Gasteiger partial charge in [0.15, 0.2) is 0 Å². The lowest BCUT2D eigenvalue weighted by atomic mass is 10.2. The van der Waals surface area contributed by atoms with Crippen LogP contribution in [0, 0.1) is 0 Å². The molecule has 1 N–H and O–H groups in total. The standard InChI is InChI=1S/C11H21NO/c1-2-3-6-9-13-11-7-4-5-8-12-10-11/h2,11-12H,1,3-10H2. The van der Waals surface area contributed by atoms with Crippen molar-refractivity contribution in [1.82, 2.24) is 5.32 Å². The van der Waals surface area contributed by atoms with E-state index in [0.29, 0.717) is 6.10 Å². The second-order valence-electron chi connectivity index (χ2n) is 3.62. The molecule has 1 saturated heterocycles. The summed E-state index contributed by atoms with van der Waals surface area (Å²) < 4.78 is 5.75. The molecule has 0 bridgehead atoms. The molecule has 0 amide bonds. The Labute approximate surface area is 81.4 Å². The van der Waals surface area contributed by atoms with Gasteiger partial charge in [-0.1, -0.05) is 6.08 Å². The van der Waals surface area contributed by atoms with Gasteiger partial charge in [0.2, 0.25) is 0 Å². The summed E-state index contributed by atoms with van der Waals surface area (Å²) in [6.45, 7) is 6.77. The summed E-state index contributed by atoms with van der Waals surface area (Å²) in [5.74, 6) is 0. The first-order chi connectivity index (χ1) is 6.43. The first-order valence-corrected chi connectivity index (χ1v) is 5.36. The first-order valence-electron chi connectivity index (χ1n) is 5.36. The highest BCUT2D eigenvalue weighted by molar-refractivity contribution is 4.68. The zero-order chi connectivity index (χ0) is 9.36. The largest absolute Gasteiger partial charge is 0.377 e. The SMILES string of the molecule is C=CCCCOC1CCCCNC1. The van der Waals surface area contributed by atoms with Crippen LogP contribution in [-0.2, 0) is 4.74 Å². The summed E-state index contributed by atoms with van der Waals surface area (Å²) >= 11 is 0. The van der Waals surface area contributed by atoms with Crippen molar-refractivity contribution in [1.29, 1.82) is 0 Å². The van der Waals surface area contributed by atoms with Crippen molar-refractivity contribution in [3.8, 4) is 0 Å². The van der Waals surface area contributed by atoms with Gasteiger partial charge in [0, 0.05) is 13.2 Å². The first kappa shape index (κ1) is 10.7. The zero-order valence-corrected chi connectivity index (χ0v) is 8.43. The van der Waals surface area contributed by atoms with Crippen LogP contribution in [-0.4, -0.2) is 25.8 Å². The van der Waals surface area contributed by atoms with E-state index in [4.69, 9.17) is 4.74 Å². The third kappa shape index (κ3) is 5.06. The van der Waals surface area contributed by atoms with Gasteiger partial charge in [-0.2, -0.15) is 0 Å². The minimum Gasteiger partial charge on any atom is -0.377 e. The summed E-state index contributed by atoms with van der Waals surface area (Å²) in [6.07, 6.45) is 8.41. The third-order valence-electron chi connectivity index (χ3n) is 2.41. The predicted molar refractivity (Wildman–Crippen MR) is 55.9 cm³/mol. The number of nitrogens with one attached hydrogen (secondary N) is 1. The Morgan fingerprint density at radius 3 is 3.23 bits per heavy atom. The quantitative estimate of drug-likeness (QED) is 0.520. The van der Waals surface area contributed by atoms with Crippen LogP contribution < -0.4 is 5.32 Å². The number of allylic oxidation sites excluding steroid dienone is 1. The van der Waals surface area contributed by atoms with Gasteiger partial charge < -0.3 is 10.1 Å². The summed E-state index contributed by atoms with van der Waals surface area (Å²) in [7, 11) is 0. The molecule has 1 heterocycles.